The van der Waals surface area contributed by atoms with Crippen molar-refractivity contribution in [3.63, 3.8) is 0 Å². The molecule has 1 aromatic heterocycles. The Hall–Kier alpha value is -2.97. The number of aromatic carboxylic acids is 1. The summed E-state index contributed by atoms with van der Waals surface area (Å²) in [6, 6.07) is 12.4. The Labute approximate surface area is 185 Å². The van der Waals surface area contributed by atoms with E-state index in [1.807, 2.05) is 13.8 Å². The lowest BCUT2D eigenvalue weighted by Gasteiger charge is -2.14. The minimum absolute atomic E-state index is 0.0916. The van der Waals surface area contributed by atoms with Gasteiger partial charge >= 0.3 is 5.97 Å². The van der Waals surface area contributed by atoms with E-state index >= 15 is 0 Å². The van der Waals surface area contributed by atoms with Gasteiger partial charge in [-0.15, -0.1) is 0 Å². The number of carboxylic acid groups (broad SMARTS) is 1. The van der Waals surface area contributed by atoms with E-state index in [4.69, 9.17) is 25.9 Å². The third-order valence-electron chi connectivity index (χ3n) is 4.36. The fourth-order valence-corrected chi connectivity index (χ4v) is 4.34. The first kappa shape index (κ1) is 22.7. The monoisotopic (exact) mass is 463 g/mol. The summed E-state index contributed by atoms with van der Waals surface area (Å²) in [5.41, 5.74) is 1.68. The lowest BCUT2D eigenvalue weighted by Crippen LogP contribution is -2.15. The van der Waals surface area contributed by atoms with Crippen LogP contribution in [-0.4, -0.2) is 19.5 Å². The molecule has 7 nitrogen and oxygen atoms in total. The first-order valence-corrected chi connectivity index (χ1v) is 11.4. The van der Waals surface area contributed by atoms with Crippen molar-refractivity contribution >= 4 is 33.3 Å². The Morgan fingerprint density at radius 3 is 2.52 bits per heavy atom. The van der Waals surface area contributed by atoms with Crippen LogP contribution in [0.5, 0.6) is 5.75 Å². The molecule has 1 heterocycles. The van der Waals surface area contributed by atoms with Gasteiger partial charge in [-0.2, -0.15) is 8.42 Å². The average Bonchev–Trinajstić information content (AvgIpc) is 3.17. The summed E-state index contributed by atoms with van der Waals surface area (Å²) in [5.74, 6) is -0.530. The second-order valence-corrected chi connectivity index (χ2v) is 9.39. The molecule has 2 aromatic carbocycles. The number of hydrogen-bond acceptors (Lipinski definition) is 5. The molecule has 0 unspecified atom stereocenters. The molecule has 0 bridgehead atoms. The minimum atomic E-state index is -3.98. The lowest BCUT2D eigenvalue weighted by molar-refractivity contribution is 0.0697. The SMILES string of the molecule is CC(C)Cc1ccoc1S(=O)(=O)Nc1ccc(Cl)cc1OCc1ccc(C(=O)O)cc1. The standard InChI is InChI=1S/C22H22ClNO6S/c1-14(2)11-17-9-10-29-22(17)31(27,28)24-19-8-7-18(23)12-20(19)30-13-15-3-5-16(6-4-15)21(25)26/h3-10,12,14,24H,11,13H2,1-2H3,(H,25,26). The number of halogens is 1. The van der Waals surface area contributed by atoms with Crippen molar-refractivity contribution in [2.75, 3.05) is 4.72 Å². The van der Waals surface area contributed by atoms with Crippen LogP contribution in [0.1, 0.15) is 35.3 Å². The Bertz CT molecular complexity index is 1170. The molecular formula is C22H22ClNO6S. The highest BCUT2D eigenvalue weighted by atomic mass is 35.5. The van der Waals surface area contributed by atoms with E-state index in [9.17, 15) is 13.2 Å². The molecule has 0 atom stereocenters. The molecule has 0 aliphatic rings. The molecule has 3 rings (SSSR count). The lowest BCUT2D eigenvalue weighted by atomic mass is 10.1. The van der Waals surface area contributed by atoms with Gasteiger partial charge in [-0.1, -0.05) is 37.6 Å². The summed E-state index contributed by atoms with van der Waals surface area (Å²) in [7, 11) is -3.98. The van der Waals surface area contributed by atoms with Crippen LogP contribution in [0.25, 0.3) is 0 Å². The van der Waals surface area contributed by atoms with Crippen LogP contribution in [0.4, 0.5) is 5.69 Å². The molecule has 0 saturated carbocycles. The van der Waals surface area contributed by atoms with Gasteiger partial charge in [-0.25, -0.2) is 4.79 Å². The number of furan rings is 1. The van der Waals surface area contributed by atoms with E-state index in [2.05, 4.69) is 4.72 Å². The average molecular weight is 464 g/mol. The normalized spacial score (nSPS) is 11.5. The summed E-state index contributed by atoms with van der Waals surface area (Å²) in [6.07, 6.45) is 1.91. The molecular weight excluding hydrogens is 442 g/mol. The molecule has 0 radical (unpaired) electrons. The maximum atomic E-state index is 12.9. The zero-order chi connectivity index (χ0) is 22.6. The summed E-state index contributed by atoms with van der Waals surface area (Å²) < 4.78 is 39.4. The molecule has 3 aromatic rings. The Kier molecular flexibility index (Phi) is 6.92. The van der Waals surface area contributed by atoms with Gasteiger partial charge in [0.1, 0.15) is 12.4 Å². The van der Waals surface area contributed by atoms with Gasteiger partial charge in [-0.3, -0.25) is 4.72 Å². The maximum absolute atomic E-state index is 12.9. The summed E-state index contributed by atoms with van der Waals surface area (Å²) in [4.78, 5) is 11.0. The number of rotatable bonds is 9. The number of hydrogen-bond donors (Lipinski definition) is 2. The van der Waals surface area contributed by atoms with E-state index in [-0.39, 0.29) is 34.6 Å². The van der Waals surface area contributed by atoms with E-state index in [1.165, 1.54) is 30.5 Å². The zero-order valence-electron chi connectivity index (χ0n) is 17.0. The van der Waals surface area contributed by atoms with Crippen LogP contribution in [0.3, 0.4) is 0 Å². The predicted octanol–water partition coefficient (Wildman–Crippen LogP) is 5.21. The van der Waals surface area contributed by atoms with Gasteiger partial charge in [-0.05, 0) is 48.2 Å². The number of anilines is 1. The quantitative estimate of drug-likeness (QED) is 0.451. The molecule has 0 amide bonds. The molecule has 0 saturated heterocycles. The topological polar surface area (TPSA) is 106 Å². The zero-order valence-corrected chi connectivity index (χ0v) is 18.5. The molecule has 0 aliphatic carbocycles. The number of carboxylic acids is 1. The third-order valence-corrected chi connectivity index (χ3v) is 5.93. The van der Waals surface area contributed by atoms with Crippen LogP contribution in [-0.2, 0) is 23.1 Å². The molecule has 164 valence electrons. The largest absolute Gasteiger partial charge is 0.487 e. The van der Waals surface area contributed by atoms with Crippen molar-refractivity contribution in [1.82, 2.24) is 0 Å². The van der Waals surface area contributed by atoms with E-state index in [0.717, 1.165) is 0 Å². The molecule has 9 heteroatoms. The Balaban J connectivity index is 1.81. The van der Waals surface area contributed by atoms with Gasteiger partial charge in [0.05, 0.1) is 17.5 Å². The first-order chi connectivity index (χ1) is 14.7. The maximum Gasteiger partial charge on any atom is 0.335 e. The fraction of sp³-hybridized carbons (Fsp3) is 0.227. The fourth-order valence-electron chi connectivity index (χ4n) is 2.94. The van der Waals surface area contributed by atoms with Crippen LogP contribution in [0, 0.1) is 5.92 Å². The molecule has 31 heavy (non-hydrogen) atoms. The number of benzene rings is 2. The predicted molar refractivity (Wildman–Crippen MR) is 117 cm³/mol. The number of sulfonamides is 1. The van der Waals surface area contributed by atoms with Crippen molar-refractivity contribution < 1.29 is 27.5 Å². The Morgan fingerprint density at radius 1 is 1.16 bits per heavy atom. The third kappa shape index (κ3) is 5.80. The highest BCUT2D eigenvalue weighted by Crippen LogP contribution is 2.32. The number of ether oxygens (including phenoxy) is 1. The van der Waals surface area contributed by atoms with Crippen molar-refractivity contribution in [2.45, 2.75) is 32.0 Å². The van der Waals surface area contributed by atoms with Crippen molar-refractivity contribution in [1.29, 1.82) is 0 Å². The molecule has 2 N–H and O–H groups in total. The van der Waals surface area contributed by atoms with Gasteiger partial charge in [0.15, 0.2) is 0 Å². The smallest absolute Gasteiger partial charge is 0.335 e. The second kappa shape index (κ2) is 9.45. The summed E-state index contributed by atoms with van der Waals surface area (Å²) in [6.45, 7) is 4.07. The van der Waals surface area contributed by atoms with E-state index < -0.39 is 16.0 Å². The van der Waals surface area contributed by atoms with Gasteiger partial charge in [0.2, 0.25) is 5.09 Å². The van der Waals surface area contributed by atoms with Crippen molar-refractivity contribution in [3.8, 4) is 5.75 Å². The number of carbonyl (C=O) groups is 1. The van der Waals surface area contributed by atoms with Crippen LogP contribution in [0.15, 0.2) is 64.3 Å². The second-order valence-electron chi connectivity index (χ2n) is 7.37. The Morgan fingerprint density at radius 2 is 1.87 bits per heavy atom. The van der Waals surface area contributed by atoms with Crippen molar-refractivity contribution in [2.24, 2.45) is 5.92 Å². The number of nitrogens with one attached hydrogen (secondary N) is 1. The van der Waals surface area contributed by atoms with E-state index in [1.54, 1.807) is 24.3 Å². The highest BCUT2D eigenvalue weighted by molar-refractivity contribution is 7.92. The molecule has 0 spiro atoms. The summed E-state index contributed by atoms with van der Waals surface area (Å²) >= 11 is 6.07. The highest BCUT2D eigenvalue weighted by Gasteiger charge is 2.24. The van der Waals surface area contributed by atoms with Crippen LogP contribution < -0.4 is 9.46 Å². The molecule has 0 fully saturated rings. The minimum Gasteiger partial charge on any atom is -0.487 e. The van der Waals surface area contributed by atoms with E-state index in [0.29, 0.717) is 22.6 Å². The molecule has 0 aliphatic heterocycles. The van der Waals surface area contributed by atoms with Gasteiger partial charge in [0.25, 0.3) is 10.0 Å². The van der Waals surface area contributed by atoms with Crippen LogP contribution in [0.2, 0.25) is 5.02 Å². The van der Waals surface area contributed by atoms with Crippen LogP contribution >= 0.6 is 11.6 Å². The first-order valence-electron chi connectivity index (χ1n) is 9.49. The van der Waals surface area contributed by atoms with Gasteiger partial charge < -0.3 is 14.3 Å². The van der Waals surface area contributed by atoms with Crippen molar-refractivity contribution in [3.05, 3.63) is 76.5 Å². The summed E-state index contributed by atoms with van der Waals surface area (Å²) in [5, 5.41) is 9.23. The van der Waals surface area contributed by atoms with Gasteiger partial charge in [0, 0.05) is 16.7 Å².